The average molecular weight is 470 g/mol. The van der Waals surface area contributed by atoms with E-state index in [1.54, 1.807) is 24.1 Å². The zero-order valence-electron chi connectivity index (χ0n) is 18.6. The van der Waals surface area contributed by atoms with Gasteiger partial charge < -0.3 is 10.4 Å². The fraction of sp³-hybridized carbons (Fsp3) is 0.0741. The maximum absolute atomic E-state index is 14.0. The number of halogens is 2. The van der Waals surface area contributed by atoms with Crippen LogP contribution in [0.15, 0.2) is 85.2 Å². The summed E-state index contributed by atoms with van der Waals surface area (Å²) in [5.74, 6) is -1.76. The predicted octanol–water partition coefficient (Wildman–Crippen LogP) is 5.14. The number of aromatic nitrogens is 3. The van der Waals surface area contributed by atoms with E-state index in [2.05, 4.69) is 15.4 Å². The molecule has 35 heavy (non-hydrogen) atoms. The Kier molecular flexibility index (Phi) is 5.70. The molecule has 2 N–H and O–H groups in total. The summed E-state index contributed by atoms with van der Waals surface area (Å²) in [5.41, 5.74) is 3.46. The van der Waals surface area contributed by atoms with E-state index in [9.17, 15) is 18.7 Å². The quantitative estimate of drug-likeness (QED) is 0.373. The Morgan fingerprint density at radius 2 is 1.63 bits per heavy atom. The summed E-state index contributed by atoms with van der Waals surface area (Å²) in [4.78, 5) is 17.4. The third-order valence-corrected chi connectivity index (χ3v) is 5.86. The molecule has 0 spiro atoms. The highest BCUT2D eigenvalue weighted by molar-refractivity contribution is 6.05. The minimum absolute atomic E-state index is 0.144. The number of fused-ring (bicyclic) bond motifs is 1. The normalized spacial score (nSPS) is 12.0. The molecule has 0 aliphatic heterocycles. The summed E-state index contributed by atoms with van der Waals surface area (Å²) < 4.78 is 29.2. The van der Waals surface area contributed by atoms with Crippen molar-refractivity contribution in [3.05, 3.63) is 114 Å². The number of nitrogens with zero attached hydrogens (tertiary/aromatic N) is 3. The Labute approximate surface area is 199 Å². The summed E-state index contributed by atoms with van der Waals surface area (Å²) in [7, 11) is 1.74. The summed E-state index contributed by atoms with van der Waals surface area (Å²) in [6, 6.07) is 17.4. The monoisotopic (exact) mass is 470 g/mol. The van der Waals surface area contributed by atoms with Crippen molar-refractivity contribution in [1.82, 2.24) is 20.1 Å². The lowest BCUT2D eigenvalue weighted by Gasteiger charge is -2.20. The number of phenolic OH excluding ortho intramolecular Hbond substituents is 1. The molecule has 2 aromatic heterocycles. The van der Waals surface area contributed by atoms with E-state index in [4.69, 9.17) is 0 Å². The lowest BCUT2D eigenvalue weighted by Crippen LogP contribution is -2.30. The van der Waals surface area contributed by atoms with Crippen LogP contribution in [0.2, 0.25) is 0 Å². The second kappa shape index (κ2) is 8.98. The lowest BCUT2D eigenvalue weighted by molar-refractivity contribution is 0.0938. The van der Waals surface area contributed by atoms with Crippen molar-refractivity contribution in [3.63, 3.8) is 0 Å². The summed E-state index contributed by atoms with van der Waals surface area (Å²) in [6.45, 7) is 0. The Morgan fingerprint density at radius 3 is 2.37 bits per heavy atom. The van der Waals surface area contributed by atoms with Gasteiger partial charge in [-0.15, -0.1) is 0 Å². The van der Waals surface area contributed by atoms with Gasteiger partial charge in [-0.25, -0.2) is 8.78 Å². The molecular weight excluding hydrogens is 450 g/mol. The van der Waals surface area contributed by atoms with Crippen molar-refractivity contribution in [1.29, 1.82) is 0 Å². The number of nitrogens with one attached hydrogen (secondary N) is 1. The van der Waals surface area contributed by atoms with Gasteiger partial charge in [0, 0.05) is 30.4 Å². The molecule has 0 fully saturated rings. The topological polar surface area (TPSA) is 80.0 Å². The number of aryl methyl sites for hydroxylation is 1. The van der Waals surface area contributed by atoms with Crippen molar-refractivity contribution >= 4 is 16.8 Å². The third-order valence-electron chi connectivity index (χ3n) is 5.86. The molecule has 5 rings (SSSR count). The second-order valence-corrected chi connectivity index (χ2v) is 8.10. The highest BCUT2D eigenvalue weighted by Crippen LogP contribution is 2.31. The van der Waals surface area contributed by atoms with E-state index in [1.807, 2.05) is 30.3 Å². The van der Waals surface area contributed by atoms with Crippen LogP contribution < -0.4 is 5.32 Å². The molecule has 0 aliphatic rings. The van der Waals surface area contributed by atoms with Gasteiger partial charge in [0.1, 0.15) is 17.4 Å². The Balaban J connectivity index is 1.54. The van der Waals surface area contributed by atoms with E-state index < -0.39 is 23.6 Å². The number of amides is 1. The van der Waals surface area contributed by atoms with Crippen molar-refractivity contribution < 1.29 is 18.7 Å². The number of rotatable bonds is 5. The van der Waals surface area contributed by atoms with Gasteiger partial charge in [0.25, 0.3) is 5.91 Å². The molecule has 0 bridgehead atoms. The van der Waals surface area contributed by atoms with Crippen molar-refractivity contribution in [2.45, 2.75) is 6.04 Å². The Bertz CT molecular complexity index is 1530. The van der Waals surface area contributed by atoms with Gasteiger partial charge in [-0.05, 0) is 71.3 Å². The fourth-order valence-corrected chi connectivity index (χ4v) is 4.10. The predicted molar refractivity (Wildman–Crippen MR) is 128 cm³/mol. The van der Waals surface area contributed by atoms with Crippen molar-refractivity contribution in [2.24, 2.45) is 7.05 Å². The van der Waals surface area contributed by atoms with Gasteiger partial charge in [-0.1, -0.05) is 18.2 Å². The molecule has 0 saturated carbocycles. The molecule has 2 heterocycles. The van der Waals surface area contributed by atoms with Gasteiger partial charge in [0.05, 0.1) is 11.6 Å². The number of benzene rings is 3. The van der Waals surface area contributed by atoms with Crippen LogP contribution in [-0.2, 0) is 7.05 Å². The van der Waals surface area contributed by atoms with Crippen LogP contribution in [0, 0.1) is 11.6 Å². The van der Waals surface area contributed by atoms with Gasteiger partial charge >= 0.3 is 0 Å². The van der Waals surface area contributed by atoms with Crippen molar-refractivity contribution in [3.8, 4) is 16.9 Å². The number of aromatic hydroxyl groups is 1. The van der Waals surface area contributed by atoms with Crippen LogP contribution in [0.3, 0.4) is 0 Å². The summed E-state index contributed by atoms with van der Waals surface area (Å²) in [6.07, 6.45) is 3.41. The first-order chi connectivity index (χ1) is 16.9. The first-order valence-electron chi connectivity index (χ1n) is 10.8. The molecule has 6 nitrogen and oxygen atoms in total. The first kappa shape index (κ1) is 22.2. The molecule has 5 aromatic rings. The molecule has 0 saturated heterocycles. The number of carbonyl (C=O) groups is 1. The largest absolute Gasteiger partial charge is 0.508 e. The molecule has 1 unspecified atom stereocenters. The fourth-order valence-electron chi connectivity index (χ4n) is 4.10. The standard InChI is InChI=1S/C27H20F2N4O2/c1-33-23-14-18(16-10-12-30-13-11-16)4-8-21(23)26(32-33)27(35)31-25(17-2-5-19(28)6-3-17)22-15-20(29)7-9-24(22)34/h2-15,25,34H,1H3,(H,31,35). The number of carbonyl (C=O) groups excluding carboxylic acids is 1. The zero-order valence-corrected chi connectivity index (χ0v) is 18.6. The maximum Gasteiger partial charge on any atom is 0.273 e. The highest BCUT2D eigenvalue weighted by Gasteiger charge is 2.24. The van der Waals surface area contributed by atoms with Crippen LogP contribution in [0.5, 0.6) is 5.75 Å². The van der Waals surface area contributed by atoms with Gasteiger partial charge in [-0.3, -0.25) is 14.5 Å². The molecule has 1 amide bonds. The SMILES string of the molecule is Cn1nc(C(=O)NC(c2ccc(F)cc2)c2cc(F)ccc2O)c2ccc(-c3ccncc3)cc21. The summed E-state index contributed by atoms with van der Waals surface area (Å²) in [5, 5.41) is 18.3. The molecule has 3 aromatic carbocycles. The van der Waals surface area contributed by atoms with Crippen LogP contribution in [0.4, 0.5) is 8.78 Å². The van der Waals surface area contributed by atoms with Crippen LogP contribution >= 0.6 is 0 Å². The summed E-state index contributed by atoms with van der Waals surface area (Å²) >= 11 is 0. The zero-order chi connectivity index (χ0) is 24.5. The minimum Gasteiger partial charge on any atom is -0.508 e. The van der Waals surface area contributed by atoms with Crippen LogP contribution in [0.1, 0.15) is 27.7 Å². The van der Waals surface area contributed by atoms with E-state index in [-0.39, 0.29) is 17.0 Å². The molecule has 1 atom stereocenters. The molecule has 0 aliphatic carbocycles. The third kappa shape index (κ3) is 4.33. The average Bonchev–Trinajstić information content (AvgIpc) is 3.21. The highest BCUT2D eigenvalue weighted by atomic mass is 19.1. The minimum atomic E-state index is -0.938. The smallest absolute Gasteiger partial charge is 0.273 e. The number of hydrogen-bond donors (Lipinski definition) is 2. The first-order valence-corrected chi connectivity index (χ1v) is 10.8. The van der Waals surface area contributed by atoms with Crippen molar-refractivity contribution in [2.75, 3.05) is 0 Å². The van der Waals surface area contributed by atoms with E-state index in [1.165, 1.54) is 30.3 Å². The van der Waals surface area contributed by atoms with Gasteiger partial charge in [0.2, 0.25) is 0 Å². The number of phenols is 1. The molecule has 0 radical (unpaired) electrons. The second-order valence-electron chi connectivity index (χ2n) is 8.10. The van der Waals surface area contributed by atoms with Gasteiger partial charge in [-0.2, -0.15) is 5.10 Å². The number of hydrogen-bond acceptors (Lipinski definition) is 4. The van der Waals surface area contributed by atoms with Crippen LogP contribution in [0.25, 0.3) is 22.0 Å². The molecule has 174 valence electrons. The van der Waals surface area contributed by atoms with E-state index in [0.29, 0.717) is 10.9 Å². The van der Waals surface area contributed by atoms with Gasteiger partial charge in [0.15, 0.2) is 5.69 Å². The van der Waals surface area contributed by atoms with E-state index in [0.717, 1.165) is 28.8 Å². The lowest BCUT2D eigenvalue weighted by atomic mass is 9.97. The molecular formula is C27H20F2N4O2. The van der Waals surface area contributed by atoms with Crippen LogP contribution in [-0.4, -0.2) is 25.8 Å². The number of pyridine rings is 1. The maximum atomic E-state index is 14.0. The Hall–Kier alpha value is -4.59. The van der Waals surface area contributed by atoms with E-state index >= 15 is 0 Å². The molecule has 8 heteroatoms. The Morgan fingerprint density at radius 1 is 0.914 bits per heavy atom.